The van der Waals surface area contributed by atoms with Gasteiger partial charge < -0.3 is 15.0 Å². The Morgan fingerprint density at radius 1 is 1.22 bits per heavy atom. The first-order valence-electron chi connectivity index (χ1n) is 10.3. The molecule has 0 saturated carbocycles. The number of anilines is 1. The highest BCUT2D eigenvalue weighted by Gasteiger charge is 2.33. The fraction of sp³-hybridized carbons (Fsp3) is 0.333. The predicted molar refractivity (Wildman–Crippen MR) is 114 cm³/mol. The highest BCUT2D eigenvalue weighted by Crippen LogP contribution is 2.31. The van der Waals surface area contributed by atoms with Gasteiger partial charge in [0, 0.05) is 44.6 Å². The molecule has 0 spiro atoms. The number of benzene rings is 1. The molecule has 2 aliphatic rings. The Hall–Kier alpha value is -3.86. The number of nitrogens with zero attached hydrogens (tertiary/aromatic N) is 7. The molecule has 11 heteroatoms. The van der Waals surface area contributed by atoms with E-state index in [-0.39, 0.29) is 24.4 Å². The maximum absolute atomic E-state index is 12.8. The van der Waals surface area contributed by atoms with Crippen molar-refractivity contribution in [3.63, 3.8) is 0 Å². The lowest BCUT2D eigenvalue weighted by Gasteiger charge is -2.40. The number of hydrogen-bond donors (Lipinski definition) is 1. The van der Waals surface area contributed by atoms with Crippen LogP contribution in [0.1, 0.15) is 10.5 Å². The van der Waals surface area contributed by atoms with E-state index in [1.807, 2.05) is 30.1 Å². The van der Waals surface area contributed by atoms with Gasteiger partial charge in [0.2, 0.25) is 5.91 Å². The van der Waals surface area contributed by atoms with Gasteiger partial charge in [-0.15, -0.1) is 0 Å². The van der Waals surface area contributed by atoms with Crippen LogP contribution in [0.5, 0.6) is 5.75 Å². The summed E-state index contributed by atoms with van der Waals surface area (Å²) in [6.07, 6.45) is 5.99. The smallest absolute Gasteiger partial charge is 0.274 e. The molecule has 0 aliphatic carbocycles. The third kappa shape index (κ3) is 3.89. The number of carbonyl (C=O) groups is 2. The summed E-state index contributed by atoms with van der Waals surface area (Å²) in [7, 11) is 1.81. The van der Waals surface area contributed by atoms with Gasteiger partial charge in [-0.2, -0.15) is 5.10 Å². The van der Waals surface area contributed by atoms with Crippen LogP contribution < -0.4 is 10.1 Å². The Labute approximate surface area is 184 Å². The average Bonchev–Trinajstić information content (AvgIpc) is 3.26. The van der Waals surface area contributed by atoms with Gasteiger partial charge in [-0.25, -0.2) is 14.6 Å². The van der Waals surface area contributed by atoms with E-state index in [2.05, 4.69) is 25.4 Å². The molecule has 0 bridgehead atoms. The number of nitrogens with one attached hydrogen (secondary N) is 1. The summed E-state index contributed by atoms with van der Waals surface area (Å²) in [6.45, 7) is 2.07. The Balaban J connectivity index is 1.36. The number of amides is 2. The van der Waals surface area contributed by atoms with E-state index in [0.29, 0.717) is 49.2 Å². The highest BCUT2D eigenvalue weighted by molar-refractivity contribution is 5.95. The summed E-state index contributed by atoms with van der Waals surface area (Å²) in [6, 6.07) is 5.42. The Kier molecular flexibility index (Phi) is 5.23. The van der Waals surface area contributed by atoms with Crippen molar-refractivity contribution < 1.29 is 14.3 Å². The largest absolute Gasteiger partial charge is 0.490 e. The van der Waals surface area contributed by atoms with Crippen LogP contribution in [0.2, 0.25) is 0 Å². The lowest BCUT2D eigenvalue weighted by molar-refractivity contribution is -0.118. The molecule has 2 amide bonds. The number of ether oxygens (including phenoxy) is 1. The second-order valence-electron chi connectivity index (χ2n) is 7.74. The molecule has 11 nitrogen and oxygen atoms in total. The van der Waals surface area contributed by atoms with Crippen LogP contribution >= 0.6 is 0 Å². The summed E-state index contributed by atoms with van der Waals surface area (Å²) in [5, 5.41) is 7.06. The second kappa shape index (κ2) is 8.35. The molecule has 5 rings (SSSR count). The van der Waals surface area contributed by atoms with E-state index >= 15 is 0 Å². The molecule has 0 radical (unpaired) electrons. The molecular weight excluding hydrogens is 412 g/mol. The van der Waals surface area contributed by atoms with Gasteiger partial charge >= 0.3 is 0 Å². The van der Waals surface area contributed by atoms with Crippen molar-refractivity contribution in [1.29, 1.82) is 0 Å². The van der Waals surface area contributed by atoms with Crippen LogP contribution in [-0.4, -0.2) is 85.2 Å². The maximum Gasteiger partial charge on any atom is 0.274 e. The molecule has 3 aromatic rings. The van der Waals surface area contributed by atoms with E-state index in [0.717, 1.165) is 5.56 Å². The summed E-state index contributed by atoms with van der Waals surface area (Å²) >= 11 is 0. The average molecular weight is 434 g/mol. The van der Waals surface area contributed by atoms with Crippen LogP contribution in [-0.2, 0) is 11.8 Å². The van der Waals surface area contributed by atoms with Crippen molar-refractivity contribution in [2.45, 2.75) is 6.04 Å². The van der Waals surface area contributed by atoms with Gasteiger partial charge in [0.1, 0.15) is 24.4 Å². The van der Waals surface area contributed by atoms with Crippen LogP contribution in [0, 0.1) is 0 Å². The van der Waals surface area contributed by atoms with Crippen molar-refractivity contribution in [3.8, 4) is 17.1 Å². The molecule has 1 saturated heterocycles. The molecule has 1 atom stereocenters. The number of carbonyl (C=O) groups excluding carboxylic acids is 2. The number of aromatic nitrogens is 5. The van der Waals surface area contributed by atoms with Crippen molar-refractivity contribution in [2.24, 2.45) is 7.05 Å². The zero-order valence-electron chi connectivity index (χ0n) is 17.5. The molecule has 0 unspecified atom stereocenters. The molecule has 2 aliphatic heterocycles. The van der Waals surface area contributed by atoms with Gasteiger partial charge in [0.25, 0.3) is 5.91 Å². The number of rotatable bonds is 2. The van der Waals surface area contributed by atoms with Crippen molar-refractivity contribution >= 4 is 17.5 Å². The SMILES string of the molecule is Cn1ncnc1-c1ccc2c(c1)NC(=O)CN1CCN(C(=O)c3cnccn3)C[C@@H]1CO2. The van der Waals surface area contributed by atoms with E-state index in [9.17, 15) is 9.59 Å². The van der Waals surface area contributed by atoms with Gasteiger partial charge in [-0.1, -0.05) is 0 Å². The summed E-state index contributed by atoms with van der Waals surface area (Å²) < 4.78 is 7.77. The number of hydrogen-bond acceptors (Lipinski definition) is 8. The van der Waals surface area contributed by atoms with E-state index in [1.54, 1.807) is 9.58 Å². The van der Waals surface area contributed by atoms with Gasteiger partial charge in [0.15, 0.2) is 5.82 Å². The molecule has 1 N–H and O–H groups in total. The maximum atomic E-state index is 12.8. The first-order chi connectivity index (χ1) is 15.6. The van der Waals surface area contributed by atoms with E-state index in [1.165, 1.54) is 24.9 Å². The molecule has 1 aromatic carbocycles. The van der Waals surface area contributed by atoms with E-state index in [4.69, 9.17) is 4.74 Å². The van der Waals surface area contributed by atoms with Gasteiger partial charge in [-0.05, 0) is 18.2 Å². The van der Waals surface area contributed by atoms with Crippen LogP contribution in [0.25, 0.3) is 11.4 Å². The molecule has 32 heavy (non-hydrogen) atoms. The molecule has 1 fully saturated rings. The van der Waals surface area contributed by atoms with Crippen LogP contribution in [0.15, 0.2) is 43.1 Å². The Morgan fingerprint density at radius 3 is 2.91 bits per heavy atom. The standard InChI is InChI=1S/C21H22N8O3/c1-27-20(24-13-25-27)14-2-3-18-16(8-14)26-19(30)11-28-6-7-29(10-15(28)12-32-18)21(31)17-9-22-4-5-23-17/h2-5,8-9,13,15H,6-7,10-12H2,1H3,(H,26,30)/t15-/m1/s1. The highest BCUT2D eigenvalue weighted by atomic mass is 16.5. The molecule has 4 heterocycles. The lowest BCUT2D eigenvalue weighted by Crippen LogP contribution is -2.58. The minimum atomic E-state index is -0.171. The number of piperazine rings is 1. The zero-order valence-corrected chi connectivity index (χ0v) is 17.5. The number of aryl methyl sites for hydroxylation is 1. The van der Waals surface area contributed by atoms with Crippen LogP contribution in [0.4, 0.5) is 5.69 Å². The summed E-state index contributed by atoms with van der Waals surface area (Å²) in [4.78, 5) is 41.7. The van der Waals surface area contributed by atoms with Crippen molar-refractivity contribution in [1.82, 2.24) is 34.5 Å². The second-order valence-corrected chi connectivity index (χ2v) is 7.74. The summed E-state index contributed by atoms with van der Waals surface area (Å²) in [5.74, 6) is 0.961. The topological polar surface area (TPSA) is 118 Å². The summed E-state index contributed by atoms with van der Waals surface area (Å²) in [5.41, 5.74) is 1.72. The van der Waals surface area contributed by atoms with Crippen molar-refractivity contribution in [3.05, 3.63) is 48.8 Å². The molecular formula is C21H22N8O3. The minimum Gasteiger partial charge on any atom is -0.490 e. The van der Waals surface area contributed by atoms with Crippen LogP contribution in [0.3, 0.4) is 0 Å². The fourth-order valence-electron chi connectivity index (χ4n) is 4.03. The zero-order chi connectivity index (χ0) is 22.1. The van der Waals surface area contributed by atoms with E-state index < -0.39 is 0 Å². The lowest BCUT2D eigenvalue weighted by atomic mass is 10.1. The predicted octanol–water partition coefficient (Wildman–Crippen LogP) is 0.430. The molecule has 2 aromatic heterocycles. The third-order valence-corrected chi connectivity index (χ3v) is 5.68. The first-order valence-corrected chi connectivity index (χ1v) is 10.3. The number of fused-ring (bicyclic) bond motifs is 2. The van der Waals surface area contributed by atoms with Crippen molar-refractivity contribution in [2.75, 3.05) is 38.1 Å². The van der Waals surface area contributed by atoms with Gasteiger partial charge in [-0.3, -0.25) is 19.5 Å². The third-order valence-electron chi connectivity index (χ3n) is 5.68. The Bertz CT molecular complexity index is 1150. The molecule has 164 valence electrons. The first kappa shape index (κ1) is 20.1. The monoisotopic (exact) mass is 434 g/mol. The quantitative estimate of drug-likeness (QED) is 0.617. The fourth-order valence-corrected chi connectivity index (χ4v) is 4.03. The Morgan fingerprint density at radius 2 is 2.12 bits per heavy atom. The van der Waals surface area contributed by atoms with Gasteiger partial charge in [0.05, 0.1) is 24.5 Å². The normalized spacial score (nSPS) is 19.0. The minimum absolute atomic E-state index is 0.125.